The zero-order valence-electron chi connectivity index (χ0n) is 13.8. The molecule has 1 fully saturated rings. The third kappa shape index (κ3) is 4.10. The number of carbonyl (C=O) groups excluding carboxylic acids is 1. The van der Waals surface area contributed by atoms with Crippen molar-refractivity contribution in [3.8, 4) is 5.69 Å². The molecule has 1 aromatic heterocycles. The fraction of sp³-hybridized carbons (Fsp3) is 0.421. The van der Waals surface area contributed by atoms with Gasteiger partial charge in [-0.1, -0.05) is 43.9 Å². The van der Waals surface area contributed by atoms with Crippen LogP contribution < -0.4 is 10.9 Å². The van der Waals surface area contributed by atoms with E-state index in [0.717, 1.165) is 12.3 Å². The summed E-state index contributed by atoms with van der Waals surface area (Å²) in [6.45, 7) is 0.654. The Hall–Kier alpha value is -2.43. The Bertz CT molecular complexity index is 734. The Labute approximate surface area is 141 Å². The number of nitrogens with one attached hydrogen (secondary N) is 1. The molecule has 1 N–H and O–H groups in total. The lowest BCUT2D eigenvalue weighted by Gasteiger charge is -2.10. The molecule has 5 nitrogen and oxygen atoms in total. The van der Waals surface area contributed by atoms with Gasteiger partial charge in [-0.2, -0.15) is 9.78 Å². The van der Waals surface area contributed by atoms with Crippen LogP contribution in [0.2, 0.25) is 0 Å². The van der Waals surface area contributed by atoms with Crippen molar-refractivity contribution in [3.63, 3.8) is 0 Å². The van der Waals surface area contributed by atoms with Gasteiger partial charge in [0.25, 0.3) is 11.5 Å². The van der Waals surface area contributed by atoms with E-state index in [1.54, 1.807) is 12.1 Å². The summed E-state index contributed by atoms with van der Waals surface area (Å²) < 4.78 is 1.26. The molecule has 1 heterocycles. The lowest BCUT2D eigenvalue weighted by Crippen LogP contribution is -2.29. The van der Waals surface area contributed by atoms with Crippen molar-refractivity contribution >= 4 is 5.91 Å². The van der Waals surface area contributed by atoms with Crippen molar-refractivity contribution in [1.82, 2.24) is 15.1 Å². The molecule has 0 unspecified atom stereocenters. The number of hydrogen-bond donors (Lipinski definition) is 1. The highest BCUT2D eigenvalue weighted by atomic mass is 16.2. The zero-order valence-corrected chi connectivity index (χ0v) is 13.8. The molecule has 5 heteroatoms. The van der Waals surface area contributed by atoms with Crippen molar-refractivity contribution in [2.45, 2.75) is 38.5 Å². The Kier molecular flexibility index (Phi) is 5.41. The van der Waals surface area contributed by atoms with Gasteiger partial charge in [-0.25, -0.2) is 0 Å². The Morgan fingerprint density at radius 3 is 2.62 bits per heavy atom. The van der Waals surface area contributed by atoms with Crippen molar-refractivity contribution < 1.29 is 4.79 Å². The first kappa shape index (κ1) is 16.4. The lowest BCUT2D eigenvalue weighted by atomic mass is 10.0. The Balaban J connectivity index is 1.59. The van der Waals surface area contributed by atoms with E-state index in [-0.39, 0.29) is 17.2 Å². The molecule has 0 atom stereocenters. The SMILES string of the molecule is O=C(NCCCC1CCCC1)c1ccc(=O)n(-c2ccccc2)n1. The number of para-hydroxylation sites is 1. The highest BCUT2D eigenvalue weighted by molar-refractivity contribution is 5.92. The third-order valence-electron chi connectivity index (χ3n) is 4.58. The van der Waals surface area contributed by atoms with Gasteiger partial charge in [0.1, 0.15) is 5.69 Å². The van der Waals surface area contributed by atoms with Crippen molar-refractivity contribution in [2.75, 3.05) is 6.54 Å². The minimum atomic E-state index is -0.251. The van der Waals surface area contributed by atoms with Crippen LogP contribution in [-0.2, 0) is 0 Å². The second-order valence-corrected chi connectivity index (χ2v) is 6.35. The molecule has 2 aromatic rings. The van der Waals surface area contributed by atoms with Gasteiger partial charge in [-0.05, 0) is 37.0 Å². The normalized spacial score (nSPS) is 14.7. The summed E-state index contributed by atoms with van der Waals surface area (Å²) in [6.07, 6.45) is 7.53. The summed E-state index contributed by atoms with van der Waals surface area (Å²) in [7, 11) is 0. The van der Waals surface area contributed by atoms with E-state index in [1.165, 1.54) is 48.9 Å². The van der Waals surface area contributed by atoms with Crippen LogP contribution in [0.4, 0.5) is 0 Å². The highest BCUT2D eigenvalue weighted by Crippen LogP contribution is 2.28. The van der Waals surface area contributed by atoms with E-state index in [0.29, 0.717) is 12.2 Å². The molecule has 24 heavy (non-hydrogen) atoms. The van der Waals surface area contributed by atoms with Crippen LogP contribution in [0, 0.1) is 5.92 Å². The lowest BCUT2D eigenvalue weighted by molar-refractivity contribution is 0.0945. The van der Waals surface area contributed by atoms with Gasteiger partial charge in [0.05, 0.1) is 5.69 Å². The number of rotatable bonds is 6. The standard InChI is InChI=1S/C19H23N3O2/c23-18-13-12-17(21-22(18)16-10-2-1-3-11-16)19(24)20-14-6-9-15-7-4-5-8-15/h1-3,10-13,15H,4-9,14H2,(H,20,24). The van der Waals surface area contributed by atoms with E-state index in [9.17, 15) is 9.59 Å². The fourth-order valence-corrected chi connectivity index (χ4v) is 3.27. The summed E-state index contributed by atoms with van der Waals surface area (Å²) >= 11 is 0. The molecule has 0 bridgehead atoms. The number of benzene rings is 1. The molecule has 1 aliphatic rings. The maximum atomic E-state index is 12.2. The average molecular weight is 325 g/mol. The second-order valence-electron chi connectivity index (χ2n) is 6.35. The van der Waals surface area contributed by atoms with E-state index in [1.807, 2.05) is 18.2 Å². The summed E-state index contributed by atoms with van der Waals surface area (Å²) in [5, 5.41) is 7.10. The third-order valence-corrected chi connectivity index (χ3v) is 4.58. The molecule has 1 amide bonds. The maximum Gasteiger partial charge on any atom is 0.271 e. The van der Waals surface area contributed by atoms with Crippen LogP contribution in [0.15, 0.2) is 47.3 Å². The van der Waals surface area contributed by atoms with Crippen molar-refractivity contribution in [3.05, 3.63) is 58.5 Å². The molecule has 1 saturated carbocycles. The van der Waals surface area contributed by atoms with Crippen LogP contribution in [0.5, 0.6) is 0 Å². The first-order valence-electron chi connectivity index (χ1n) is 8.68. The molecule has 0 radical (unpaired) electrons. The summed E-state index contributed by atoms with van der Waals surface area (Å²) in [6, 6.07) is 12.0. The molecule has 1 aliphatic carbocycles. The van der Waals surface area contributed by atoms with Gasteiger partial charge in [-0.3, -0.25) is 9.59 Å². The highest BCUT2D eigenvalue weighted by Gasteiger charge is 2.15. The molecule has 0 spiro atoms. The van der Waals surface area contributed by atoms with E-state index >= 15 is 0 Å². The van der Waals surface area contributed by atoms with Gasteiger partial charge in [0, 0.05) is 12.6 Å². The van der Waals surface area contributed by atoms with Crippen LogP contribution >= 0.6 is 0 Å². The first-order valence-corrected chi connectivity index (χ1v) is 8.68. The van der Waals surface area contributed by atoms with Crippen LogP contribution in [0.25, 0.3) is 5.69 Å². The van der Waals surface area contributed by atoms with E-state index in [2.05, 4.69) is 10.4 Å². The van der Waals surface area contributed by atoms with Crippen LogP contribution in [-0.4, -0.2) is 22.2 Å². The summed E-state index contributed by atoms with van der Waals surface area (Å²) in [5.41, 5.74) is 0.664. The largest absolute Gasteiger partial charge is 0.351 e. The van der Waals surface area contributed by atoms with Gasteiger partial charge in [0.15, 0.2) is 0 Å². The Morgan fingerprint density at radius 1 is 1.12 bits per heavy atom. The maximum absolute atomic E-state index is 12.2. The zero-order chi connectivity index (χ0) is 16.8. The minimum Gasteiger partial charge on any atom is -0.351 e. The van der Waals surface area contributed by atoms with E-state index in [4.69, 9.17) is 0 Å². The smallest absolute Gasteiger partial charge is 0.271 e. The molecule has 126 valence electrons. The van der Waals surface area contributed by atoms with E-state index < -0.39 is 0 Å². The van der Waals surface area contributed by atoms with Gasteiger partial charge in [0.2, 0.25) is 0 Å². The monoisotopic (exact) mass is 325 g/mol. The predicted molar refractivity (Wildman–Crippen MR) is 93.4 cm³/mol. The fourth-order valence-electron chi connectivity index (χ4n) is 3.27. The number of amides is 1. The minimum absolute atomic E-state index is 0.230. The molecular weight excluding hydrogens is 302 g/mol. The molecule has 0 saturated heterocycles. The van der Waals surface area contributed by atoms with Gasteiger partial charge < -0.3 is 5.32 Å². The van der Waals surface area contributed by atoms with Gasteiger partial charge in [-0.15, -0.1) is 0 Å². The molecule has 0 aliphatic heterocycles. The first-order chi connectivity index (χ1) is 11.7. The molecular formula is C19H23N3O2. The number of hydrogen-bond acceptors (Lipinski definition) is 3. The summed E-state index contributed by atoms with van der Waals surface area (Å²) in [4.78, 5) is 24.2. The summed E-state index contributed by atoms with van der Waals surface area (Å²) in [5.74, 6) is 0.603. The molecule has 3 rings (SSSR count). The number of nitrogens with zero attached hydrogens (tertiary/aromatic N) is 2. The number of carbonyl (C=O) groups is 1. The topological polar surface area (TPSA) is 64.0 Å². The van der Waals surface area contributed by atoms with Crippen LogP contribution in [0.1, 0.15) is 49.0 Å². The van der Waals surface area contributed by atoms with Gasteiger partial charge >= 0.3 is 0 Å². The van der Waals surface area contributed by atoms with Crippen molar-refractivity contribution in [2.24, 2.45) is 5.92 Å². The average Bonchev–Trinajstić information content (AvgIpc) is 3.13. The molecule has 1 aromatic carbocycles. The second kappa shape index (κ2) is 7.90. The van der Waals surface area contributed by atoms with Crippen LogP contribution in [0.3, 0.4) is 0 Å². The number of aromatic nitrogens is 2. The quantitative estimate of drug-likeness (QED) is 0.831. The predicted octanol–water partition coefficient (Wildman–Crippen LogP) is 2.93. The Morgan fingerprint density at radius 2 is 1.88 bits per heavy atom. The van der Waals surface area contributed by atoms with Crippen molar-refractivity contribution in [1.29, 1.82) is 0 Å².